The maximum absolute atomic E-state index is 11.8. The second-order valence-electron chi connectivity index (χ2n) is 5.01. The van der Waals surface area contributed by atoms with Gasteiger partial charge in [-0.05, 0) is 43.4 Å². The van der Waals surface area contributed by atoms with Crippen molar-refractivity contribution in [2.75, 3.05) is 6.61 Å². The van der Waals surface area contributed by atoms with E-state index in [1.807, 2.05) is 24.3 Å². The molecule has 0 radical (unpaired) electrons. The molecule has 0 saturated heterocycles. The summed E-state index contributed by atoms with van der Waals surface area (Å²) in [4.78, 5) is 11.8. The molecule has 1 aromatic rings. The summed E-state index contributed by atoms with van der Waals surface area (Å²) < 4.78 is 0. The van der Waals surface area contributed by atoms with Crippen LogP contribution in [0, 0.1) is 5.92 Å². The highest BCUT2D eigenvalue weighted by atomic mass is 35.5. The predicted octanol–water partition coefficient (Wildman–Crippen LogP) is 2.33. The summed E-state index contributed by atoms with van der Waals surface area (Å²) in [6.45, 7) is 1.78. The van der Waals surface area contributed by atoms with Crippen LogP contribution in [0.25, 0.3) is 0 Å². The lowest BCUT2D eigenvalue weighted by atomic mass is 9.71. The third-order valence-corrected chi connectivity index (χ3v) is 3.76. The van der Waals surface area contributed by atoms with Gasteiger partial charge in [0.15, 0.2) is 0 Å². The van der Waals surface area contributed by atoms with Crippen molar-refractivity contribution in [3.8, 4) is 0 Å². The molecule has 1 fully saturated rings. The molecule has 0 bridgehead atoms. The molecular weight excluding hydrogens is 250 g/mol. The molecule has 1 amide bonds. The number of aliphatic hydroxyl groups excluding tert-OH is 1. The predicted molar refractivity (Wildman–Crippen MR) is 71.6 cm³/mol. The Hall–Kier alpha value is -1.06. The molecule has 4 heteroatoms. The Balaban J connectivity index is 1.83. The fraction of sp³-hybridized carbons (Fsp3) is 0.500. The number of benzene rings is 1. The van der Waals surface area contributed by atoms with Gasteiger partial charge in [0.1, 0.15) is 0 Å². The first-order valence-corrected chi connectivity index (χ1v) is 6.64. The Bertz CT molecular complexity index is 412. The Kier molecular flexibility index (Phi) is 4.25. The fourth-order valence-corrected chi connectivity index (χ4v) is 2.37. The van der Waals surface area contributed by atoms with Gasteiger partial charge in [-0.25, -0.2) is 0 Å². The smallest absolute Gasteiger partial charge is 0.223 e. The minimum Gasteiger partial charge on any atom is -0.394 e. The first-order valence-electron chi connectivity index (χ1n) is 6.27. The highest BCUT2D eigenvalue weighted by Gasteiger charge is 2.35. The van der Waals surface area contributed by atoms with Crippen molar-refractivity contribution in [2.45, 2.75) is 31.7 Å². The van der Waals surface area contributed by atoms with Crippen molar-refractivity contribution in [3.05, 3.63) is 34.9 Å². The van der Waals surface area contributed by atoms with Crippen molar-refractivity contribution in [1.82, 2.24) is 5.32 Å². The van der Waals surface area contributed by atoms with Crippen LogP contribution < -0.4 is 5.32 Å². The van der Waals surface area contributed by atoms with Gasteiger partial charge in [0, 0.05) is 17.0 Å². The maximum atomic E-state index is 11.8. The molecule has 3 nitrogen and oxygen atoms in total. The zero-order valence-corrected chi connectivity index (χ0v) is 11.2. The van der Waals surface area contributed by atoms with Gasteiger partial charge in [-0.1, -0.05) is 23.7 Å². The third-order valence-electron chi connectivity index (χ3n) is 3.51. The van der Waals surface area contributed by atoms with Crippen LogP contribution >= 0.6 is 11.6 Å². The minimum atomic E-state index is -0.160. The Morgan fingerprint density at radius 2 is 2.06 bits per heavy atom. The summed E-state index contributed by atoms with van der Waals surface area (Å²) in [7, 11) is 0. The summed E-state index contributed by atoms with van der Waals surface area (Å²) in [6.07, 6.45) is 1.76. The number of rotatable bonds is 4. The van der Waals surface area contributed by atoms with Gasteiger partial charge in [-0.15, -0.1) is 0 Å². The van der Waals surface area contributed by atoms with Crippen molar-refractivity contribution < 1.29 is 9.90 Å². The van der Waals surface area contributed by atoms with Gasteiger partial charge in [-0.2, -0.15) is 0 Å². The molecule has 0 aromatic heterocycles. The molecule has 1 atom stereocenters. The summed E-state index contributed by atoms with van der Waals surface area (Å²) in [5, 5.41) is 12.4. The van der Waals surface area contributed by atoms with Crippen LogP contribution in [0.15, 0.2) is 24.3 Å². The van der Waals surface area contributed by atoms with E-state index in [0.29, 0.717) is 5.92 Å². The van der Waals surface area contributed by atoms with Gasteiger partial charge in [0.2, 0.25) is 5.91 Å². The lowest BCUT2D eigenvalue weighted by Gasteiger charge is -2.35. The summed E-state index contributed by atoms with van der Waals surface area (Å²) >= 11 is 5.84. The largest absolute Gasteiger partial charge is 0.394 e. The number of hydrogen-bond donors (Lipinski definition) is 2. The number of amides is 1. The normalized spacial score (nSPS) is 24.2. The number of hydrogen-bond acceptors (Lipinski definition) is 2. The molecule has 0 heterocycles. The van der Waals surface area contributed by atoms with Crippen LogP contribution in [0.3, 0.4) is 0 Å². The number of aliphatic hydroxyl groups is 1. The Morgan fingerprint density at radius 1 is 1.44 bits per heavy atom. The van der Waals surface area contributed by atoms with Crippen LogP contribution in [0.5, 0.6) is 0 Å². The molecule has 2 N–H and O–H groups in total. The quantitative estimate of drug-likeness (QED) is 0.880. The number of carbonyl (C=O) groups is 1. The zero-order valence-electron chi connectivity index (χ0n) is 10.4. The average Bonchev–Trinajstić information content (AvgIpc) is 2.29. The Morgan fingerprint density at radius 3 is 2.61 bits per heavy atom. The zero-order chi connectivity index (χ0) is 13.1. The van der Waals surface area contributed by atoms with Crippen molar-refractivity contribution >= 4 is 17.5 Å². The SMILES string of the molecule is CC(CO)NC(=O)C1CC(c2ccc(Cl)cc2)C1. The topological polar surface area (TPSA) is 49.3 Å². The lowest BCUT2D eigenvalue weighted by Crippen LogP contribution is -2.43. The molecule has 1 unspecified atom stereocenters. The fourth-order valence-electron chi connectivity index (χ4n) is 2.25. The van der Waals surface area contributed by atoms with Crippen LogP contribution in [-0.4, -0.2) is 23.7 Å². The summed E-state index contributed by atoms with van der Waals surface area (Å²) in [5.41, 5.74) is 1.25. The van der Waals surface area contributed by atoms with E-state index in [2.05, 4.69) is 5.32 Å². The van der Waals surface area contributed by atoms with Crippen LogP contribution in [0.4, 0.5) is 0 Å². The maximum Gasteiger partial charge on any atom is 0.223 e. The van der Waals surface area contributed by atoms with Gasteiger partial charge < -0.3 is 10.4 Å². The first kappa shape index (κ1) is 13.4. The van der Waals surface area contributed by atoms with Gasteiger partial charge in [0.05, 0.1) is 6.61 Å². The van der Waals surface area contributed by atoms with Gasteiger partial charge in [0.25, 0.3) is 0 Å². The molecule has 1 aromatic carbocycles. The van der Waals surface area contributed by atoms with Crippen molar-refractivity contribution in [2.24, 2.45) is 5.92 Å². The lowest BCUT2D eigenvalue weighted by molar-refractivity contribution is -0.128. The van der Waals surface area contributed by atoms with Crippen molar-refractivity contribution in [1.29, 1.82) is 0 Å². The summed E-state index contributed by atoms with van der Waals surface area (Å²) in [6, 6.07) is 7.66. The molecule has 0 spiro atoms. The highest BCUT2D eigenvalue weighted by molar-refractivity contribution is 6.30. The molecule has 0 aliphatic heterocycles. The molecule has 1 aliphatic rings. The van der Waals surface area contributed by atoms with Crippen LogP contribution in [0.2, 0.25) is 5.02 Å². The van der Waals surface area contributed by atoms with Crippen LogP contribution in [-0.2, 0) is 4.79 Å². The van der Waals surface area contributed by atoms with E-state index in [0.717, 1.165) is 17.9 Å². The first-order chi connectivity index (χ1) is 8.60. The molecule has 1 aliphatic carbocycles. The van der Waals surface area contributed by atoms with E-state index < -0.39 is 0 Å². The van der Waals surface area contributed by atoms with E-state index in [4.69, 9.17) is 16.7 Å². The molecule has 2 rings (SSSR count). The third kappa shape index (κ3) is 3.03. The van der Waals surface area contributed by atoms with E-state index in [1.54, 1.807) is 6.92 Å². The summed E-state index contributed by atoms with van der Waals surface area (Å²) in [5.74, 6) is 0.601. The monoisotopic (exact) mass is 267 g/mol. The molecule has 18 heavy (non-hydrogen) atoms. The number of carbonyl (C=O) groups excluding carboxylic acids is 1. The second kappa shape index (κ2) is 5.72. The van der Waals surface area contributed by atoms with E-state index in [-0.39, 0.29) is 24.5 Å². The van der Waals surface area contributed by atoms with E-state index in [1.165, 1.54) is 5.56 Å². The van der Waals surface area contributed by atoms with Gasteiger partial charge in [-0.3, -0.25) is 4.79 Å². The number of nitrogens with one attached hydrogen (secondary N) is 1. The van der Waals surface area contributed by atoms with Crippen molar-refractivity contribution in [3.63, 3.8) is 0 Å². The van der Waals surface area contributed by atoms with E-state index >= 15 is 0 Å². The average molecular weight is 268 g/mol. The molecule has 1 saturated carbocycles. The number of halogens is 1. The Labute approximate surface area is 112 Å². The highest BCUT2D eigenvalue weighted by Crippen LogP contribution is 2.41. The molecule has 98 valence electrons. The molecular formula is C14H18ClNO2. The standard InChI is InChI=1S/C14H18ClNO2/c1-9(8-17)16-14(18)12-6-11(7-12)10-2-4-13(15)5-3-10/h2-5,9,11-12,17H,6-8H2,1H3,(H,16,18). The second-order valence-corrected chi connectivity index (χ2v) is 5.45. The van der Waals surface area contributed by atoms with Crippen LogP contribution in [0.1, 0.15) is 31.2 Å². The van der Waals surface area contributed by atoms with Gasteiger partial charge >= 0.3 is 0 Å². The minimum absolute atomic E-state index is 0.0148. The van der Waals surface area contributed by atoms with E-state index in [9.17, 15) is 4.79 Å².